The van der Waals surface area contributed by atoms with Gasteiger partial charge in [0.05, 0.1) is 28.6 Å². The number of allylic oxidation sites excluding steroid dienone is 1. The molecule has 0 spiro atoms. The zero-order chi connectivity index (χ0) is 29.0. The Bertz CT molecular complexity index is 1700. The molecule has 1 aromatic carbocycles. The molecule has 214 valence electrons. The molecule has 2 aliphatic carbocycles. The van der Waals surface area contributed by atoms with E-state index in [0.717, 1.165) is 49.1 Å². The lowest BCUT2D eigenvalue weighted by molar-refractivity contribution is -0.128. The fourth-order valence-corrected chi connectivity index (χ4v) is 6.69. The van der Waals surface area contributed by atoms with Crippen LogP contribution < -0.4 is 20.3 Å². The van der Waals surface area contributed by atoms with Crippen molar-refractivity contribution in [3.05, 3.63) is 52.6 Å². The Balaban J connectivity index is 1.13. The Morgan fingerprint density at radius 2 is 2.02 bits per heavy atom. The number of hydrogen-bond donors (Lipinski definition) is 2. The summed E-state index contributed by atoms with van der Waals surface area (Å²) in [4.78, 5) is 48.9. The Kier molecular flexibility index (Phi) is 6.58. The van der Waals surface area contributed by atoms with Gasteiger partial charge in [-0.25, -0.2) is 9.78 Å². The lowest BCUT2D eigenvalue weighted by Gasteiger charge is -2.33. The van der Waals surface area contributed by atoms with Gasteiger partial charge >= 0.3 is 6.03 Å². The molecule has 10 nitrogen and oxygen atoms in total. The first-order valence-corrected chi connectivity index (χ1v) is 15.2. The van der Waals surface area contributed by atoms with Crippen LogP contribution in [-0.2, 0) is 4.79 Å². The molecule has 2 aliphatic heterocycles. The summed E-state index contributed by atoms with van der Waals surface area (Å²) in [7, 11) is 0. The topological polar surface area (TPSA) is 128 Å². The number of aryl methyl sites for hydroxylation is 1. The second-order valence-corrected chi connectivity index (χ2v) is 12.4. The molecule has 4 amide bonds. The van der Waals surface area contributed by atoms with E-state index in [1.54, 1.807) is 28.1 Å². The number of nitriles is 1. The number of amides is 4. The normalized spacial score (nSPS) is 20.2. The highest BCUT2D eigenvalue weighted by atomic mass is 32.1. The number of thiophene rings is 1. The number of hydrogen-bond acceptors (Lipinski definition) is 7. The molecule has 2 saturated carbocycles. The predicted molar refractivity (Wildman–Crippen MR) is 159 cm³/mol. The van der Waals surface area contributed by atoms with Crippen molar-refractivity contribution in [2.45, 2.75) is 57.6 Å². The van der Waals surface area contributed by atoms with Gasteiger partial charge in [0.15, 0.2) is 0 Å². The molecule has 4 aliphatic rings. The van der Waals surface area contributed by atoms with Crippen molar-refractivity contribution in [3.63, 3.8) is 0 Å². The molecule has 2 aromatic heterocycles. The summed E-state index contributed by atoms with van der Waals surface area (Å²) in [6.07, 6.45) is 9.31. The maximum absolute atomic E-state index is 13.6. The molecule has 1 saturated heterocycles. The largest absolute Gasteiger partial charge is 0.490 e. The monoisotopic (exact) mass is 582 g/mol. The van der Waals surface area contributed by atoms with E-state index in [1.807, 2.05) is 25.1 Å². The number of pyridine rings is 1. The predicted octanol–water partition coefficient (Wildman–Crippen LogP) is 5.41. The fraction of sp³-hybridized carbons (Fsp3) is 0.387. The zero-order valence-electron chi connectivity index (χ0n) is 23.2. The minimum Gasteiger partial charge on any atom is -0.490 e. The van der Waals surface area contributed by atoms with Crippen LogP contribution in [0.1, 0.15) is 53.8 Å². The van der Waals surface area contributed by atoms with Crippen molar-refractivity contribution in [3.8, 4) is 11.8 Å². The number of nitrogens with zero attached hydrogens (tertiary/aromatic N) is 4. The van der Waals surface area contributed by atoms with Crippen LogP contribution in [0, 0.1) is 24.2 Å². The van der Waals surface area contributed by atoms with Crippen molar-refractivity contribution in [1.82, 2.24) is 15.2 Å². The van der Waals surface area contributed by atoms with Crippen LogP contribution in [0.3, 0.4) is 0 Å². The highest BCUT2D eigenvalue weighted by Crippen LogP contribution is 2.46. The molecule has 7 rings (SSSR count). The number of carbonyl (C=O) groups excluding carboxylic acids is 3. The number of likely N-dealkylation sites (tertiary alicyclic amines) is 1. The van der Waals surface area contributed by atoms with Crippen LogP contribution in [0.2, 0.25) is 0 Å². The number of carbonyl (C=O) groups is 3. The van der Waals surface area contributed by atoms with Gasteiger partial charge in [0, 0.05) is 25.3 Å². The van der Waals surface area contributed by atoms with E-state index in [2.05, 4.69) is 21.7 Å². The molecule has 3 fully saturated rings. The van der Waals surface area contributed by atoms with Gasteiger partial charge in [0.1, 0.15) is 27.1 Å². The Labute approximate surface area is 246 Å². The van der Waals surface area contributed by atoms with E-state index >= 15 is 0 Å². The fourth-order valence-electron chi connectivity index (χ4n) is 5.67. The lowest BCUT2D eigenvalue weighted by atomic mass is 10.0. The van der Waals surface area contributed by atoms with Crippen LogP contribution in [0.15, 0.2) is 42.1 Å². The third-order valence-corrected chi connectivity index (χ3v) is 9.20. The average molecular weight is 583 g/mol. The van der Waals surface area contributed by atoms with Gasteiger partial charge in [-0.2, -0.15) is 5.26 Å². The van der Waals surface area contributed by atoms with Gasteiger partial charge in [-0.1, -0.05) is 6.08 Å². The Morgan fingerprint density at radius 3 is 2.76 bits per heavy atom. The highest BCUT2D eigenvalue weighted by molar-refractivity contribution is 7.21. The van der Waals surface area contributed by atoms with Gasteiger partial charge in [-0.05, 0) is 81.2 Å². The number of aromatic nitrogens is 1. The zero-order valence-corrected chi connectivity index (χ0v) is 24.0. The molecule has 2 N–H and O–H groups in total. The smallest absolute Gasteiger partial charge is 0.331 e. The minimum atomic E-state index is -0.359. The SMILES string of the molecule is Cc1cc(OC2CC2)ccc1N1C(=O)Nc2c(C(=O)N[C@@H]3CCCN(C(=O)/C(C#N)=C/C4CC4)C3)sc3nccc1c23. The summed E-state index contributed by atoms with van der Waals surface area (Å²) in [5.74, 6) is 0.516. The van der Waals surface area contributed by atoms with E-state index in [4.69, 9.17) is 4.74 Å². The molecule has 0 radical (unpaired) electrons. The molecule has 0 unspecified atom stereocenters. The quantitative estimate of drug-likeness (QED) is 0.283. The molecular formula is C31H30N6O4S. The minimum absolute atomic E-state index is 0.185. The van der Waals surface area contributed by atoms with Gasteiger partial charge in [0.25, 0.3) is 11.8 Å². The van der Waals surface area contributed by atoms with E-state index in [-0.39, 0.29) is 35.6 Å². The van der Waals surface area contributed by atoms with Crippen molar-refractivity contribution in [2.75, 3.05) is 23.3 Å². The van der Waals surface area contributed by atoms with Gasteiger partial charge < -0.3 is 20.3 Å². The number of ether oxygens (including phenoxy) is 1. The molecule has 4 heterocycles. The summed E-state index contributed by atoms with van der Waals surface area (Å²) >= 11 is 1.23. The summed E-state index contributed by atoms with van der Waals surface area (Å²) in [6, 6.07) is 8.93. The molecule has 1 atom stereocenters. The molecule has 0 bridgehead atoms. The third kappa shape index (κ3) is 4.96. The van der Waals surface area contributed by atoms with Crippen molar-refractivity contribution >= 4 is 56.5 Å². The number of nitrogens with one attached hydrogen (secondary N) is 2. The highest BCUT2D eigenvalue weighted by Gasteiger charge is 2.35. The van der Waals surface area contributed by atoms with Crippen LogP contribution >= 0.6 is 11.3 Å². The first-order chi connectivity index (χ1) is 20.4. The van der Waals surface area contributed by atoms with Crippen LogP contribution in [-0.4, -0.2) is 53.0 Å². The van der Waals surface area contributed by atoms with Crippen molar-refractivity contribution < 1.29 is 19.1 Å². The van der Waals surface area contributed by atoms with Crippen molar-refractivity contribution in [1.29, 1.82) is 5.26 Å². The van der Waals surface area contributed by atoms with Crippen LogP contribution in [0.25, 0.3) is 10.2 Å². The lowest BCUT2D eigenvalue weighted by Crippen LogP contribution is -2.50. The summed E-state index contributed by atoms with van der Waals surface area (Å²) in [6.45, 7) is 2.83. The maximum atomic E-state index is 13.6. The standard InChI is InChI=1S/C31H30N6O4S/c1-17-13-22(41-21-6-7-21)8-9-23(17)37-24-10-11-33-29-25(24)26(35-31(37)40)27(42-29)28(38)34-20-3-2-12-36(16-20)30(39)19(15-32)14-18-4-5-18/h8-11,13-14,18,20-21H,2-7,12,16H2,1H3,(H,34,38)(H,35,40)/b19-14+/t20-/m1/s1. The molecule has 11 heteroatoms. The van der Waals surface area contributed by atoms with Crippen LogP contribution in [0.5, 0.6) is 5.75 Å². The Morgan fingerprint density at radius 1 is 1.19 bits per heavy atom. The second kappa shape index (κ2) is 10.4. The maximum Gasteiger partial charge on any atom is 0.331 e. The van der Waals surface area contributed by atoms with Gasteiger partial charge in [-0.3, -0.25) is 14.5 Å². The average Bonchev–Trinajstić information content (AvgIpc) is 3.92. The van der Waals surface area contributed by atoms with Crippen molar-refractivity contribution in [2.24, 2.45) is 5.92 Å². The first-order valence-electron chi connectivity index (χ1n) is 14.4. The number of anilines is 3. The number of piperidine rings is 1. The number of urea groups is 1. The summed E-state index contributed by atoms with van der Waals surface area (Å²) < 4.78 is 5.93. The van der Waals surface area contributed by atoms with Gasteiger partial charge in [0.2, 0.25) is 0 Å². The summed E-state index contributed by atoms with van der Waals surface area (Å²) in [5.41, 5.74) is 2.92. The second-order valence-electron chi connectivity index (χ2n) is 11.4. The molecular weight excluding hydrogens is 552 g/mol. The van der Waals surface area contributed by atoms with Gasteiger partial charge in [-0.15, -0.1) is 11.3 Å². The van der Waals surface area contributed by atoms with E-state index in [9.17, 15) is 19.6 Å². The van der Waals surface area contributed by atoms with E-state index < -0.39 is 0 Å². The number of rotatable bonds is 7. The summed E-state index contributed by atoms with van der Waals surface area (Å²) in [5, 5.41) is 16.3. The Hall–Kier alpha value is -4.43. The molecule has 42 heavy (non-hydrogen) atoms. The molecule has 3 aromatic rings. The van der Waals surface area contributed by atoms with E-state index in [0.29, 0.717) is 51.9 Å². The van der Waals surface area contributed by atoms with Crippen LogP contribution in [0.4, 0.5) is 21.9 Å². The number of benzene rings is 1. The third-order valence-electron chi connectivity index (χ3n) is 8.11. The van der Waals surface area contributed by atoms with E-state index in [1.165, 1.54) is 11.3 Å². The first kappa shape index (κ1) is 26.5.